The second-order valence-electron chi connectivity index (χ2n) is 4.63. The van der Waals surface area contributed by atoms with Crippen LogP contribution in [0.1, 0.15) is 11.3 Å². The number of hydrogen-bond acceptors (Lipinski definition) is 6. The Morgan fingerprint density at radius 1 is 1.36 bits per heavy atom. The quantitative estimate of drug-likeness (QED) is 0.447. The number of rotatable bonds is 4. The van der Waals surface area contributed by atoms with Crippen LogP contribution >= 0.6 is 11.8 Å². The molecule has 2 heterocycles. The Morgan fingerprint density at radius 2 is 2.18 bits per heavy atom. The van der Waals surface area contributed by atoms with E-state index in [1.54, 1.807) is 17.4 Å². The maximum Gasteiger partial charge on any atom is 0.269 e. The summed E-state index contributed by atoms with van der Waals surface area (Å²) in [6.45, 7) is 1.79. The number of aromatic amines is 1. The molecule has 22 heavy (non-hydrogen) atoms. The zero-order chi connectivity index (χ0) is 15.7. The van der Waals surface area contributed by atoms with Crippen molar-refractivity contribution in [1.82, 2.24) is 19.6 Å². The van der Waals surface area contributed by atoms with E-state index >= 15 is 0 Å². The van der Waals surface area contributed by atoms with Gasteiger partial charge in [0.05, 0.1) is 4.92 Å². The fourth-order valence-corrected chi connectivity index (χ4v) is 3.00. The van der Waals surface area contributed by atoms with Gasteiger partial charge in [0.15, 0.2) is 5.16 Å². The van der Waals surface area contributed by atoms with E-state index in [-0.39, 0.29) is 11.2 Å². The maximum absolute atomic E-state index is 11.4. The highest BCUT2D eigenvalue weighted by atomic mass is 32.2. The fourth-order valence-electron chi connectivity index (χ4n) is 2.07. The van der Waals surface area contributed by atoms with E-state index in [2.05, 4.69) is 15.2 Å². The van der Waals surface area contributed by atoms with Crippen LogP contribution in [0.2, 0.25) is 0 Å². The molecule has 1 aromatic carbocycles. The van der Waals surface area contributed by atoms with Crippen LogP contribution in [0.3, 0.4) is 0 Å². The Morgan fingerprint density at radius 3 is 2.95 bits per heavy atom. The standard InChI is InChI=1S/C13H11N5O3S/c1-8-5-11(19)14-12-15-16-13(17(8)12)22-7-9-3-2-4-10(6-9)18(20)21/h2-6H,7H2,1H3,(H,14,15,19). The fraction of sp³-hybridized carbons (Fsp3) is 0.154. The van der Waals surface area contributed by atoms with E-state index < -0.39 is 4.92 Å². The maximum atomic E-state index is 11.4. The van der Waals surface area contributed by atoms with Crippen molar-refractivity contribution in [2.45, 2.75) is 17.8 Å². The predicted molar refractivity (Wildman–Crippen MR) is 81.0 cm³/mol. The first-order valence-corrected chi connectivity index (χ1v) is 7.34. The smallest absolute Gasteiger partial charge is 0.269 e. The van der Waals surface area contributed by atoms with Gasteiger partial charge in [-0.1, -0.05) is 23.9 Å². The van der Waals surface area contributed by atoms with Gasteiger partial charge in [-0.15, -0.1) is 10.2 Å². The zero-order valence-corrected chi connectivity index (χ0v) is 12.3. The minimum Gasteiger partial charge on any atom is -0.291 e. The molecule has 0 unspecified atom stereocenters. The van der Waals surface area contributed by atoms with Crippen LogP contribution in [0, 0.1) is 17.0 Å². The predicted octanol–water partition coefficient (Wildman–Crippen LogP) is 1.93. The first-order chi connectivity index (χ1) is 10.5. The lowest BCUT2D eigenvalue weighted by atomic mass is 10.2. The van der Waals surface area contributed by atoms with Crippen LogP contribution in [0.5, 0.6) is 0 Å². The number of non-ortho nitro benzene ring substituents is 1. The number of nitro benzene ring substituents is 1. The number of hydrogen-bond donors (Lipinski definition) is 1. The second-order valence-corrected chi connectivity index (χ2v) is 5.57. The molecule has 0 radical (unpaired) electrons. The third-order valence-electron chi connectivity index (χ3n) is 3.05. The van der Waals surface area contributed by atoms with Gasteiger partial charge in [0, 0.05) is 29.6 Å². The minimum absolute atomic E-state index is 0.0599. The van der Waals surface area contributed by atoms with Gasteiger partial charge in [-0.25, -0.2) is 0 Å². The lowest BCUT2D eigenvalue weighted by molar-refractivity contribution is -0.384. The highest BCUT2D eigenvalue weighted by Gasteiger charge is 2.11. The summed E-state index contributed by atoms with van der Waals surface area (Å²) in [5, 5.41) is 19.4. The molecule has 3 rings (SSSR count). The average molecular weight is 317 g/mol. The first kappa shape index (κ1) is 14.3. The number of nitro groups is 1. The molecular weight excluding hydrogens is 306 g/mol. The summed E-state index contributed by atoms with van der Waals surface area (Å²) < 4.78 is 1.74. The van der Waals surface area contributed by atoms with Gasteiger partial charge in [-0.2, -0.15) is 0 Å². The number of thioether (sulfide) groups is 1. The number of H-pyrrole nitrogens is 1. The topological polar surface area (TPSA) is 106 Å². The third kappa shape index (κ3) is 2.70. The summed E-state index contributed by atoms with van der Waals surface area (Å²) in [6.07, 6.45) is 0. The summed E-state index contributed by atoms with van der Waals surface area (Å²) in [5.41, 5.74) is 1.38. The molecule has 9 heteroatoms. The summed E-state index contributed by atoms with van der Waals surface area (Å²) >= 11 is 1.39. The molecule has 2 aromatic heterocycles. The number of aryl methyl sites for hydroxylation is 1. The van der Waals surface area contributed by atoms with E-state index in [0.717, 1.165) is 11.3 Å². The van der Waals surface area contributed by atoms with Gasteiger partial charge in [0.1, 0.15) is 0 Å². The molecule has 0 aliphatic heterocycles. The Hall–Kier alpha value is -2.68. The molecule has 0 saturated carbocycles. The van der Waals surface area contributed by atoms with Crippen molar-refractivity contribution in [2.75, 3.05) is 0 Å². The van der Waals surface area contributed by atoms with Crippen LogP contribution < -0.4 is 5.56 Å². The molecule has 8 nitrogen and oxygen atoms in total. The van der Waals surface area contributed by atoms with Gasteiger partial charge < -0.3 is 0 Å². The first-order valence-electron chi connectivity index (χ1n) is 6.36. The summed E-state index contributed by atoms with van der Waals surface area (Å²) in [6, 6.07) is 7.92. The van der Waals surface area contributed by atoms with Crippen molar-refractivity contribution in [3.63, 3.8) is 0 Å². The zero-order valence-electron chi connectivity index (χ0n) is 11.5. The number of benzene rings is 1. The minimum atomic E-state index is -0.421. The Labute approximate surface area is 128 Å². The molecule has 0 aliphatic rings. The van der Waals surface area contributed by atoms with E-state index in [0.29, 0.717) is 16.7 Å². The molecule has 0 saturated heterocycles. The van der Waals surface area contributed by atoms with Crippen LogP contribution in [-0.2, 0) is 5.75 Å². The van der Waals surface area contributed by atoms with Crippen molar-refractivity contribution >= 4 is 23.2 Å². The summed E-state index contributed by atoms with van der Waals surface area (Å²) in [5.74, 6) is 0.896. The molecule has 0 fully saturated rings. The molecule has 0 spiro atoms. The molecule has 3 aromatic rings. The number of aromatic nitrogens is 4. The average Bonchev–Trinajstić information content (AvgIpc) is 2.88. The van der Waals surface area contributed by atoms with Crippen LogP contribution in [0.25, 0.3) is 5.78 Å². The largest absolute Gasteiger partial charge is 0.291 e. The highest BCUT2D eigenvalue weighted by Crippen LogP contribution is 2.23. The molecule has 0 bridgehead atoms. The van der Waals surface area contributed by atoms with Crippen LogP contribution in [0.15, 0.2) is 40.3 Å². The van der Waals surface area contributed by atoms with Gasteiger partial charge in [-0.3, -0.25) is 24.3 Å². The molecular formula is C13H11N5O3S. The van der Waals surface area contributed by atoms with Gasteiger partial charge in [-0.05, 0) is 12.5 Å². The summed E-state index contributed by atoms with van der Waals surface area (Å²) in [7, 11) is 0. The lowest BCUT2D eigenvalue weighted by Gasteiger charge is -2.03. The summed E-state index contributed by atoms with van der Waals surface area (Å²) in [4.78, 5) is 24.3. The van der Waals surface area contributed by atoms with Crippen molar-refractivity contribution in [3.05, 3.63) is 62.1 Å². The van der Waals surface area contributed by atoms with E-state index in [1.807, 2.05) is 6.07 Å². The van der Waals surface area contributed by atoms with Crippen LogP contribution in [-0.4, -0.2) is 24.5 Å². The highest BCUT2D eigenvalue weighted by molar-refractivity contribution is 7.98. The monoisotopic (exact) mass is 317 g/mol. The van der Waals surface area contributed by atoms with Crippen molar-refractivity contribution in [1.29, 1.82) is 0 Å². The van der Waals surface area contributed by atoms with Crippen LogP contribution in [0.4, 0.5) is 5.69 Å². The van der Waals surface area contributed by atoms with Gasteiger partial charge in [0.2, 0.25) is 5.78 Å². The molecule has 112 valence electrons. The number of nitrogens with one attached hydrogen (secondary N) is 1. The molecule has 0 atom stereocenters. The molecule has 1 N–H and O–H groups in total. The number of fused-ring (bicyclic) bond motifs is 1. The van der Waals surface area contributed by atoms with Gasteiger partial charge >= 0.3 is 0 Å². The SMILES string of the molecule is Cc1cc(=O)[nH]c2nnc(SCc3cccc([N+](=O)[O-])c3)n12. The Balaban J connectivity index is 1.87. The second kappa shape index (κ2) is 5.60. The van der Waals surface area contributed by atoms with Crippen molar-refractivity contribution in [2.24, 2.45) is 0 Å². The van der Waals surface area contributed by atoms with E-state index in [1.165, 1.54) is 30.0 Å². The van der Waals surface area contributed by atoms with Crippen molar-refractivity contribution in [3.8, 4) is 0 Å². The third-order valence-corrected chi connectivity index (χ3v) is 4.05. The number of nitrogens with zero attached hydrogens (tertiary/aromatic N) is 4. The normalized spacial score (nSPS) is 11.0. The Bertz CT molecular complexity index is 917. The van der Waals surface area contributed by atoms with Crippen molar-refractivity contribution < 1.29 is 4.92 Å². The molecule has 0 amide bonds. The van der Waals surface area contributed by atoms with E-state index in [9.17, 15) is 14.9 Å². The van der Waals surface area contributed by atoms with E-state index in [4.69, 9.17) is 0 Å². The Kier molecular flexibility index (Phi) is 3.63. The van der Waals surface area contributed by atoms with Gasteiger partial charge in [0.25, 0.3) is 11.2 Å². The lowest BCUT2D eigenvalue weighted by Crippen LogP contribution is -2.09. The molecule has 0 aliphatic carbocycles.